The minimum Gasteiger partial charge on any atom is -0.508 e. The summed E-state index contributed by atoms with van der Waals surface area (Å²) >= 11 is 0. The van der Waals surface area contributed by atoms with Crippen LogP contribution in [0.4, 0.5) is 5.69 Å². The maximum atomic E-state index is 10.5. The molecule has 4 heteroatoms. The van der Waals surface area contributed by atoms with Gasteiger partial charge in [-0.3, -0.25) is 10.1 Å². The first-order chi connectivity index (χ1) is 6.32. The molecule has 0 aliphatic heterocycles. The molecule has 4 nitrogen and oxygen atoms in total. The second kappa shape index (κ2) is 3.29. The Hall–Kier alpha value is -1.58. The van der Waals surface area contributed by atoms with Gasteiger partial charge in [-0.25, -0.2) is 0 Å². The van der Waals surface area contributed by atoms with E-state index in [-0.39, 0.29) is 16.9 Å². The van der Waals surface area contributed by atoms with Crippen molar-refractivity contribution in [1.82, 2.24) is 0 Å². The molecule has 14 heavy (non-hydrogen) atoms. The number of phenols is 1. The Kier molecular flexibility index (Phi) is 2.47. The predicted molar refractivity (Wildman–Crippen MR) is 53.5 cm³/mol. The molecule has 0 saturated heterocycles. The summed E-state index contributed by atoms with van der Waals surface area (Å²) in [6.07, 6.45) is 0. The first-order valence-electron chi connectivity index (χ1n) is 4.30. The molecule has 0 aromatic heterocycles. The molecule has 0 amide bonds. The van der Waals surface area contributed by atoms with E-state index in [1.165, 1.54) is 18.2 Å². The maximum absolute atomic E-state index is 10.5. The van der Waals surface area contributed by atoms with E-state index in [0.29, 0.717) is 5.56 Å². The third-order valence-electron chi connectivity index (χ3n) is 2.00. The van der Waals surface area contributed by atoms with Gasteiger partial charge in [-0.2, -0.15) is 0 Å². The lowest BCUT2D eigenvalue weighted by molar-refractivity contribution is -0.385. The fraction of sp³-hybridized carbons (Fsp3) is 0.400. The molecule has 0 atom stereocenters. The first kappa shape index (κ1) is 10.5. The zero-order valence-corrected chi connectivity index (χ0v) is 8.44. The zero-order chi connectivity index (χ0) is 10.9. The normalized spacial score (nSPS) is 11.4. The summed E-state index contributed by atoms with van der Waals surface area (Å²) in [5.41, 5.74) is 0.301. The number of nitro groups is 1. The van der Waals surface area contributed by atoms with Crippen LogP contribution in [0.1, 0.15) is 26.3 Å². The summed E-state index contributed by atoms with van der Waals surface area (Å²) in [4.78, 5) is 10.1. The number of non-ortho nitro benzene ring substituents is 1. The Bertz CT molecular complexity index is 366. The number of aromatic hydroxyl groups is 1. The zero-order valence-electron chi connectivity index (χ0n) is 8.44. The van der Waals surface area contributed by atoms with Gasteiger partial charge in [0.1, 0.15) is 5.75 Å². The molecule has 1 aromatic carbocycles. The first-order valence-corrected chi connectivity index (χ1v) is 4.30. The van der Waals surface area contributed by atoms with Gasteiger partial charge in [0.25, 0.3) is 5.69 Å². The van der Waals surface area contributed by atoms with Crippen LogP contribution in [-0.2, 0) is 5.41 Å². The smallest absolute Gasteiger partial charge is 0.269 e. The van der Waals surface area contributed by atoms with Gasteiger partial charge < -0.3 is 5.11 Å². The van der Waals surface area contributed by atoms with Crippen LogP contribution < -0.4 is 0 Å². The monoisotopic (exact) mass is 195 g/mol. The molecule has 0 heterocycles. The molecule has 0 aliphatic rings. The van der Waals surface area contributed by atoms with Gasteiger partial charge in [0.05, 0.1) is 4.92 Å². The molecular formula is C10H13NO3. The fourth-order valence-corrected chi connectivity index (χ4v) is 1.24. The average Bonchev–Trinajstić information content (AvgIpc) is 2.02. The standard InChI is InChI=1S/C10H13NO3/c1-10(2,3)8-6-7(11(13)14)4-5-9(8)12/h4-6,12H,1-3H3. The summed E-state index contributed by atoms with van der Waals surface area (Å²) in [7, 11) is 0. The lowest BCUT2D eigenvalue weighted by Crippen LogP contribution is -2.11. The highest BCUT2D eigenvalue weighted by molar-refractivity contribution is 5.46. The molecule has 1 N–H and O–H groups in total. The van der Waals surface area contributed by atoms with Crippen molar-refractivity contribution < 1.29 is 10.0 Å². The molecular weight excluding hydrogens is 182 g/mol. The van der Waals surface area contributed by atoms with Gasteiger partial charge in [-0.1, -0.05) is 20.8 Å². The Labute approximate surface area is 82.3 Å². The van der Waals surface area contributed by atoms with Gasteiger partial charge in [0, 0.05) is 17.7 Å². The van der Waals surface area contributed by atoms with Crippen LogP contribution in [0.2, 0.25) is 0 Å². The van der Waals surface area contributed by atoms with Crippen molar-refractivity contribution in [3.8, 4) is 5.75 Å². The Morgan fingerprint density at radius 1 is 1.36 bits per heavy atom. The summed E-state index contributed by atoms with van der Waals surface area (Å²) in [6.45, 7) is 5.68. The minimum atomic E-state index is -0.464. The number of benzene rings is 1. The molecule has 0 unspecified atom stereocenters. The SMILES string of the molecule is CC(C)(C)c1cc([N+](=O)[O-])ccc1O. The van der Waals surface area contributed by atoms with E-state index in [2.05, 4.69) is 0 Å². The molecule has 0 fully saturated rings. The number of phenolic OH excluding ortho intramolecular Hbond substituents is 1. The van der Waals surface area contributed by atoms with Crippen LogP contribution in [-0.4, -0.2) is 10.0 Å². The lowest BCUT2D eigenvalue weighted by atomic mass is 9.86. The summed E-state index contributed by atoms with van der Waals surface area (Å²) < 4.78 is 0. The summed E-state index contributed by atoms with van der Waals surface area (Å²) in [6, 6.07) is 4.07. The van der Waals surface area contributed by atoms with E-state index in [0.717, 1.165) is 0 Å². The Morgan fingerprint density at radius 3 is 2.36 bits per heavy atom. The fourth-order valence-electron chi connectivity index (χ4n) is 1.24. The van der Waals surface area contributed by atoms with E-state index < -0.39 is 4.92 Å². The van der Waals surface area contributed by atoms with Crippen molar-refractivity contribution >= 4 is 5.69 Å². The number of nitrogens with zero attached hydrogens (tertiary/aromatic N) is 1. The number of hydrogen-bond donors (Lipinski definition) is 1. The van der Waals surface area contributed by atoms with Crippen LogP contribution in [0.25, 0.3) is 0 Å². The van der Waals surface area contributed by atoms with Crippen LogP contribution in [0.5, 0.6) is 5.75 Å². The molecule has 1 aromatic rings. The number of hydrogen-bond acceptors (Lipinski definition) is 3. The third-order valence-corrected chi connectivity index (χ3v) is 2.00. The van der Waals surface area contributed by atoms with Crippen molar-refractivity contribution in [2.75, 3.05) is 0 Å². The second-order valence-corrected chi connectivity index (χ2v) is 4.21. The second-order valence-electron chi connectivity index (χ2n) is 4.21. The molecule has 0 radical (unpaired) electrons. The van der Waals surface area contributed by atoms with Crippen molar-refractivity contribution in [2.24, 2.45) is 0 Å². The maximum Gasteiger partial charge on any atom is 0.269 e. The Morgan fingerprint density at radius 2 is 1.93 bits per heavy atom. The number of nitro benzene ring substituents is 1. The molecule has 1 rings (SSSR count). The largest absolute Gasteiger partial charge is 0.508 e. The van der Waals surface area contributed by atoms with Gasteiger partial charge in [-0.15, -0.1) is 0 Å². The van der Waals surface area contributed by atoms with Crippen molar-refractivity contribution in [2.45, 2.75) is 26.2 Å². The summed E-state index contributed by atoms with van der Waals surface area (Å²) in [5, 5.41) is 20.0. The third kappa shape index (κ3) is 2.02. The van der Waals surface area contributed by atoms with Crippen molar-refractivity contribution in [1.29, 1.82) is 0 Å². The molecule has 0 spiro atoms. The van der Waals surface area contributed by atoms with Gasteiger partial charge in [0.15, 0.2) is 0 Å². The lowest BCUT2D eigenvalue weighted by Gasteiger charge is -2.19. The van der Waals surface area contributed by atoms with Crippen molar-refractivity contribution in [3.63, 3.8) is 0 Å². The van der Waals surface area contributed by atoms with Crippen LogP contribution in [0.15, 0.2) is 18.2 Å². The quantitative estimate of drug-likeness (QED) is 0.553. The molecule has 0 saturated carbocycles. The highest BCUT2D eigenvalue weighted by Crippen LogP contribution is 2.33. The predicted octanol–water partition coefficient (Wildman–Crippen LogP) is 2.60. The van der Waals surface area contributed by atoms with E-state index in [4.69, 9.17) is 0 Å². The average molecular weight is 195 g/mol. The van der Waals surface area contributed by atoms with E-state index in [9.17, 15) is 15.2 Å². The highest BCUT2D eigenvalue weighted by Gasteiger charge is 2.20. The Balaban J connectivity index is 3.29. The molecule has 0 aliphatic carbocycles. The van der Waals surface area contributed by atoms with E-state index in [1.807, 2.05) is 20.8 Å². The van der Waals surface area contributed by atoms with E-state index in [1.54, 1.807) is 0 Å². The van der Waals surface area contributed by atoms with Gasteiger partial charge >= 0.3 is 0 Å². The number of rotatable bonds is 1. The van der Waals surface area contributed by atoms with Crippen molar-refractivity contribution in [3.05, 3.63) is 33.9 Å². The summed E-state index contributed by atoms with van der Waals surface area (Å²) in [5.74, 6) is 0.100. The van der Waals surface area contributed by atoms with Gasteiger partial charge in [-0.05, 0) is 11.5 Å². The van der Waals surface area contributed by atoms with Gasteiger partial charge in [0.2, 0.25) is 0 Å². The van der Waals surface area contributed by atoms with E-state index >= 15 is 0 Å². The topological polar surface area (TPSA) is 63.4 Å². The minimum absolute atomic E-state index is 0.00715. The molecule has 0 bridgehead atoms. The van der Waals surface area contributed by atoms with Crippen LogP contribution in [0, 0.1) is 10.1 Å². The van der Waals surface area contributed by atoms with Crippen LogP contribution >= 0.6 is 0 Å². The van der Waals surface area contributed by atoms with Crippen LogP contribution in [0.3, 0.4) is 0 Å². The highest BCUT2D eigenvalue weighted by atomic mass is 16.6. The molecule has 76 valence electrons.